The van der Waals surface area contributed by atoms with E-state index < -0.39 is 11.9 Å². The van der Waals surface area contributed by atoms with Gasteiger partial charge in [-0.15, -0.1) is 0 Å². The van der Waals surface area contributed by atoms with Crippen LogP contribution < -0.4 is 4.74 Å². The predicted octanol–water partition coefficient (Wildman–Crippen LogP) is 5.00. The highest BCUT2D eigenvalue weighted by Gasteiger charge is 2.34. The normalized spacial score (nSPS) is 13.3. The third-order valence-electron chi connectivity index (χ3n) is 4.67. The summed E-state index contributed by atoms with van der Waals surface area (Å²) >= 11 is 0. The maximum Gasteiger partial charge on any atom is 0.433 e. The summed E-state index contributed by atoms with van der Waals surface area (Å²) in [5.41, 5.74) is 3.78. The van der Waals surface area contributed by atoms with Crippen LogP contribution in [0, 0.1) is 6.92 Å². The number of hydrogen-bond donors (Lipinski definition) is 0. The lowest BCUT2D eigenvalue weighted by Gasteiger charge is -2.13. The summed E-state index contributed by atoms with van der Waals surface area (Å²) in [6.45, 7) is 2.08. The van der Waals surface area contributed by atoms with Crippen LogP contribution in [-0.4, -0.2) is 16.6 Å². The van der Waals surface area contributed by atoms with E-state index in [1.54, 1.807) is 6.20 Å². The topological polar surface area (TPSA) is 35.0 Å². The molecule has 1 aromatic carbocycles. The van der Waals surface area contributed by atoms with Gasteiger partial charge in [-0.3, -0.25) is 9.97 Å². The van der Waals surface area contributed by atoms with Crippen molar-refractivity contribution in [2.24, 2.45) is 0 Å². The van der Waals surface area contributed by atoms with Gasteiger partial charge in [-0.05, 0) is 29.7 Å². The highest BCUT2D eigenvalue weighted by Crippen LogP contribution is 2.38. The number of para-hydroxylation sites is 1. The van der Waals surface area contributed by atoms with Gasteiger partial charge in [0.25, 0.3) is 0 Å². The molecule has 0 saturated heterocycles. The Kier molecular flexibility index (Phi) is 4.34. The maximum absolute atomic E-state index is 12.9. The first-order valence-electron chi connectivity index (χ1n) is 8.65. The zero-order valence-electron chi connectivity index (χ0n) is 14.7. The molecule has 138 valence electrons. The lowest BCUT2D eigenvalue weighted by atomic mass is 9.97. The van der Waals surface area contributed by atoms with Crippen molar-refractivity contribution in [1.82, 2.24) is 9.97 Å². The van der Waals surface area contributed by atoms with Crippen LogP contribution in [0.3, 0.4) is 0 Å². The zero-order valence-corrected chi connectivity index (χ0v) is 14.7. The molecule has 0 fully saturated rings. The monoisotopic (exact) mass is 370 g/mol. The minimum absolute atomic E-state index is 0.112. The van der Waals surface area contributed by atoms with Gasteiger partial charge in [0.1, 0.15) is 11.4 Å². The molecule has 3 nitrogen and oxygen atoms in total. The Bertz CT molecular complexity index is 999. The van der Waals surface area contributed by atoms with Gasteiger partial charge in [0, 0.05) is 36.4 Å². The molecule has 2 aromatic heterocycles. The van der Waals surface area contributed by atoms with Gasteiger partial charge >= 0.3 is 6.18 Å². The van der Waals surface area contributed by atoms with Crippen LogP contribution in [-0.2, 0) is 19.0 Å². The number of nitrogens with zero attached hydrogens (tertiary/aromatic N) is 2. The second-order valence-electron chi connectivity index (χ2n) is 6.57. The minimum atomic E-state index is -4.44. The Hall–Kier alpha value is -2.89. The molecule has 0 aliphatic carbocycles. The quantitative estimate of drug-likeness (QED) is 0.651. The molecule has 27 heavy (non-hydrogen) atoms. The van der Waals surface area contributed by atoms with Crippen LogP contribution in [0.1, 0.15) is 28.1 Å². The lowest BCUT2D eigenvalue weighted by molar-refractivity contribution is -0.141. The second kappa shape index (κ2) is 6.68. The van der Waals surface area contributed by atoms with Crippen molar-refractivity contribution in [3.8, 4) is 16.9 Å². The van der Waals surface area contributed by atoms with E-state index in [-0.39, 0.29) is 5.56 Å². The van der Waals surface area contributed by atoms with Gasteiger partial charge in [0.05, 0.1) is 12.3 Å². The van der Waals surface area contributed by atoms with E-state index in [9.17, 15) is 13.2 Å². The fraction of sp³-hybridized carbons (Fsp3) is 0.238. The van der Waals surface area contributed by atoms with Crippen LogP contribution in [0.25, 0.3) is 11.1 Å². The number of pyridine rings is 2. The largest absolute Gasteiger partial charge is 0.492 e. The van der Waals surface area contributed by atoms with E-state index in [0.717, 1.165) is 34.6 Å². The Morgan fingerprint density at radius 1 is 1.07 bits per heavy atom. The van der Waals surface area contributed by atoms with E-state index in [2.05, 4.69) is 9.97 Å². The first-order chi connectivity index (χ1) is 12.9. The number of benzene rings is 1. The van der Waals surface area contributed by atoms with Gasteiger partial charge in [0.15, 0.2) is 0 Å². The molecule has 1 aliphatic rings. The molecular formula is C21H17F3N2O. The molecular weight excluding hydrogens is 353 g/mol. The van der Waals surface area contributed by atoms with Crippen molar-refractivity contribution in [2.45, 2.75) is 25.9 Å². The summed E-state index contributed by atoms with van der Waals surface area (Å²) in [6.07, 6.45) is -0.208. The Morgan fingerprint density at radius 3 is 2.67 bits per heavy atom. The van der Waals surface area contributed by atoms with Crippen molar-refractivity contribution in [3.05, 3.63) is 76.9 Å². The summed E-state index contributed by atoms with van der Waals surface area (Å²) in [6, 6.07) is 11.4. The van der Waals surface area contributed by atoms with E-state index in [1.807, 2.05) is 30.3 Å². The number of ether oxygens (including phenoxy) is 1. The first-order valence-corrected chi connectivity index (χ1v) is 8.65. The van der Waals surface area contributed by atoms with Gasteiger partial charge < -0.3 is 4.74 Å². The van der Waals surface area contributed by atoms with Crippen LogP contribution >= 0.6 is 0 Å². The van der Waals surface area contributed by atoms with Crippen LogP contribution in [0.5, 0.6) is 5.75 Å². The third kappa shape index (κ3) is 3.39. The van der Waals surface area contributed by atoms with Gasteiger partial charge in [-0.2, -0.15) is 13.2 Å². The number of alkyl halides is 3. The third-order valence-corrected chi connectivity index (χ3v) is 4.67. The van der Waals surface area contributed by atoms with Gasteiger partial charge in [-0.1, -0.05) is 30.3 Å². The summed E-state index contributed by atoms with van der Waals surface area (Å²) in [4.78, 5) is 8.10. The van der Waals surface area contributed by atoms with Crippen molar-refractivity contribution in [3.63, 3.8) is 0 Å². The van der Waals surface area contributed by atoms with E-state index >= 15 is 0 Å². The van der Waals surface area contributed by atoms with Gasteiger partial charge in [-0.25, -0.2) is 0 Å². The second-order valence-corrected chi connectivity index (χ2v) is 6.57. The molecule has 6 heteroatoms. The molecule has 1 aliphatic heterocycles. The molecule has 0 radical (unpaired) electrons. The number of hydrogen-bond acceptors (Lipinski definition) is 3. The van der Waals surface area contributed by atoms with Crippen LogP contribution in [0.4, 0.5) is 13.2 Å². The summed E-state index contributed by atoms with van der Waals surface area (Å²) in [5, 5.41) is 0. The van der Waals surface area contributed by atoms with Crippen molar-refractivity contribution >= 4 is 0 Å². The molecule has 0 N–H and O–H groups in total. The summed E-state index contributed by atoms with van der Waals surface area (Å²) in [7, 11) is 0. The van der Waals surface area contributed by atoms with Crippen molar-refractivity contribution in [1.29, 1.82) is 0 Å². The number of aromatic nitrogens is 2. The SMILES string of the molecule is Cc1cc(Cc2ncccc2-c2cccc3c2OCC3)cnc1C(F)(F)F. The fourth-order valence-corrected chi connectivity index (χ4v) is 3.47. The highest BCUT2D eigenvalue weighted by atomic mass is 19.4. The van der Waals surface area contributed by atoms with Gasteiger partial charge in [0.2, 0.25) is 0 Å². The molecule has 4 rings (SSSR count). The molecule has 0 saturated carbocycles. The Morgan fingerprint density at radius 2 is 1.89 bits per heavy atom. The number of rotatable bonds is 3. The number of fused-ring (bicyclic) bond motifs is 1. The maximum atomic E-state index is 12.9. The fourth-order valence-electron chi connectivity index (χ4n) is 3.47. The minimum Gasteiger partial charge on any atom is -0.492 e. The van der Waals surface area contributed by atoms with Crippen molar-refractivity contribution in [2.75, 3.05) is 6.61 Å². The van der Waals surface area contributed by atoms with E-state index in [0.29, 0.717) is 18.6 Å². The average Bonchev–Trinajstić information content (AvgIpc) is 3.10. The number of halogens is 3. The molecule has 0 amide bonds. The van der Waals surface area contributed by atoms with E-state index in [4.69, 9.17) is 4.74 Å². The predicted molar refractivity (Wildman–Crippen MR) is 95.7 cm³/mol. The smallest absolute Gasteiger partial charge is 0.433 e. The molecule has 0 bridgehead atoms. The molecule has 0 unspecified atom stereocenters. The van der Waals surface area contributed by atoms with Crippen LogP contribution in [0.15, 0.2) is 48.8 Å². The zero-order chi connectivity index (χ0) is 19.0. The molecule has 0 spiro atoms. The van der Waals surface area contributed by atoms with E-state index in [1.165, 1.54) is 19.2 Å². The average molecular weight is 370 g/mol. The Balaban J connectivity index is 1.71. The highest BCUT2D eigenvalue weighted by molar-refractivity contribution is 5.74. The Labute approximate surface area is 154 Å². The standard InChI is InChI=1S/C21H17F3N2O/c1-13-10-14(12-26-20(13)21(22,23)24)11-18-16(6-3-8-25-18)17-5-2-4-15-7-9-27-19(15)17/h2-6,8,10,12H,7,9,11H2,1H3. The summed E-state index contributed by atoms with van der Waals surface area (Å²) < 4.78 is 44.6. The summed E-state index contributed by atoms with van der Waals surface area (Å²) in [5.74, 6) is 0.869. The van der Waals surface area contributed by atoms with Crippen molar-refractivity contribution < 1.29 is 17.9 Å². The lowest BCUT2D eigenvalue weighted by Crippen LogP contribution is -2.11. The van der Waals surface area contributed by atoms with Crippen LogP contribution in [0.2, 0.25) is 0 Å². The molecule has 3 aromatic rings. The molecule has 3 heterocycles. The number of aryl methyl sites for hydroxylation is 1. The molecule has 0 atom stereocenters. The first kappa shape index (κ1) is 17.5.